The zero-order valence-electron chi connectivity index (χ0n) is 19.9. The third kappa shape index (κ3) is 4.99. The Morgan fingerprint density at radius 3 is 2.53 bits per heavy atom. The first kappa shape index (κ1) is 26.5. The lowest BCUT2D eigenvalue weighted by Gasteiger charge is -2.24. The molecular weight excluding hydrogens is 508 g/mol. The molecule has 0 fully saturated rings. The molecule has 0 saturated carbocycles. The quantitative estimate of drug-likeness (QED) is 0.314. The summed E-state index contributed by atoms with van der Waals surface area (Å²) in [5.74, 6) is -4.51. The number of ether oxygens (including phenoxy) is 1. The van der Waals surface area contributed by atoms with E-state index in [9.17, 15) is 27.2 Å². The van der Waals surface area contributed by atoms with E-state index in [4.69, 9.17) is 16.2 Å². The van der Waals surface area contributed by atoms with Crippen molar-refractivity contribution < 1.29 is 31.9 Å². The molecule has 0 spiro atoms. The molecule has 0 aliphatic carbocycles. The van der Waals surface area contributed by atoms with Crippen LogP contribution in [0.5, 0.6) is 5.75 Å². The summed E-state index contributed by atoms with van der Waals surface area (Å²) in [5.41, 5.74) is 9.39. The summed E-state index contributed by atoms with van der Waals surface area (Å²) < 4.78 is 62.2. The SMILES string of the molecule is C[C@]1(C(N)=O)COc2c1cc(C(CNC(=O)/C(=C/N)c1cnccn1)C(F)(F)F)nc2-c1ccc(F)cc1. The average molecular weight is 530 g/mol. The summed E-state index contributed by atoms with van der Waals surface area (Å²) in [5, 5.41) is 2.23. The van der Waals surface area contributed by atoms with E-state index in [1.54, 1.807) is 0 Å². The number of hydrogen-bond acceptors (Lipinski definition) is 7. The number of carbonyl (C=O) groups is 2. The molecule has 9 nitrogen and oxygen atoms in total. The molecule has 3 aromatic rings. The van der Waals surface area contributed by atoms with Crippen LogP contribution in [0.4, 0.5) is 17.6 Å². The average Bonchev–Trinajstić information content (AvgIpc) is 3.22. The largest absolute Gasteiger partial charge is 0.489 e. The highest BCUT2D eigenvalue weighted by atomic mass is 19.4. The van der Waals surface area contributed by atoms with E-state index >= 15 is 0 Å². The van der Waals surface area contributed by atoms with E-state index in [1.165, 1.54) is 37.6 Å². The summed E-state index contributed by atoms with van der Waals surface area (Å²) in [4.78, 5) is 36.9. The Bertz CT molecular complexity index is 1400. The van der Waals surface area contributed by atoms with Gasteiger partial charge >= 0.3 is 6.18 Å². The van der Waals surface area contributed by atoms with Crippen LogP contribution in [0.15, 0.2) is 55.1 Å². The van der Waals surface area contributed by atoms with E-state index in [2.05, 4.69) is 20.3 Å². The Balaban J connectivity index is 1.76. The molecule has 198 valence electrons. The van der Waals surface area contributed by atoms with Gasteiger partial charge in [0.05, 0.1) is 23.2 Å². The highest BCUT2D eigenvalue weighted by molar-refractivity contribution is 6.18. The normalized spacial score (nSPS) is 17.9. The number of alkyl halides is 3. The topological polar surface area (TPSA) is 146 Å². The number of pyridine rings is 1. The standard InChI is InChI=1S/C25H22F4N6O3/c1-24(23(31)37)12-38-21-16(24)8-18(35-20(21)13-2-4-14(26)5-3-13)17(25(27,28)29)10-34-22(36)15(9-30)19-11-32-6-7-33-19/h2-9,11,17H,10,12,30H2,1H3,(H2,31,37)(H,34,36)/b15-9+/t17?,24-/m0/s1. The van der Waals surface area contributed by atoms with Crippen LogP contribution in [0.3, 0.4) is 0 Å². The lowest BCUT2D eigenvalue weighted by atomic mass is 9.82. The summed E-state index contributed by atoms with van der Waals surface area (Å²) in [6, 6.07) is 6.00. The van der Waals surface area contributed by atoms with Crippen LogP contribution in [0, 0.1) is 5.82 Å². The number of carbonyl (C=O) groups excluding carboxylic acids is 2. The minimum atomic E-state index is -4.86. The monoisotopic (exact) mass is 530 g/mol. The van der Waals surface area contributed by atoms with E-state index < -0.39 is 47.4 Å². The lowest BCUT2D eigenvalue weighted by Crippen LogP contribution is -2.40. The number of fused-ring (bicyclic) bond motifs is 1. The first-order valence-electron chi connectivity index (χ1n) is 11.2. The van der Waals surface area contributed by atoms with E-state index in [0.29, 0.717) is 0 Å². The van der Waals surface area contributed by atoms with Gasteiger partial charge in [-0.3, -0.25) is 19.6 Å². The summed E-state index contributed by atoms with van der Waals surface area (Å²) >= 11 is 0. The van der Waals surface area contributed by atoms with Gasteiger partial charge in [0.2, 0.25) is 5.91 Å². The van der Waals surface area contributed by atoms with Gasteiger partial charge < -0.3 is 21.5 Å². The van der Waals surface area contributed by atoms with Gasteiger partial charge in [0.25, 0.3) is 5.91 Å². The molecule has 1 aliphatic rings. The van der Waals surface area contributed by atoms with E-state index in [1.807, 2.05) is 0 Å². The maximum absolute atomic E-state index is 14.3. The summed E-state index contributed by atoms with van der Waals surface area (Å²) in [7, 11) is 0. The number of primary amides is 1. The Labute approximate surface area is 213 Å². The van der Waals surface area contributed by atoms with Crippen molar-refractivity contribution in [3.8, 4) is 17.0 Å². The van der Waals surface area contributed by atoms with Gasteiger partial charge in [-0.1, -0.05) is 0 Å². The zero-order chi connectivity index (χ0) is 27.7. The maximum Gasteiger partial charge on any atom is 0.398 e. The number of nitrogens with zero attached hydrogens (tertiary/aromatic N) is 3. The Morgan fingerprint density at radius 1 is 1.24 bits per heavy atom. The lowest BCUT2D eigenvalue weighted by molar-refractivity contribution is -0.150. The Kier molecular flexibility index (Phi) is 7.03. The van der Waals surface area contributed by atoms with Crippen LogP contribution >= 0.6 is 0 Å². The van der Waals surface area contributed by atoms with Crippen molar-refractivity contribution in [3.63, 3.8) is 0 Å². The van der Waals surface area contributed by atoms with Crippen molar-refractivity contribution in [2.45, 2.75) is 24.4 Å². The Morgan fingerprint density at radius 2 is 1.95 bits per heavy atom. The third-order valence-corrected chi connectivity index (χ3v) is 6.22. The molecule has 13 heteroatoms. The van der Waals surface area contributed by atoms with E-state index in [0.717, 1.165) is 24.4 Å². The number of rotatable bonds is 7. The number of aromatic nitrogens is 3. The molecule has 1 aromatic carbocycles. The third-order valence-electron chi connectivity index (χ3n) is 6.22. The first-order chi connectivity index (χ1) is 18.0. The molecule has 3 heterocycles. The fraction of sp³-hybridized carbons (Fsp3) is 0.240. The van der Waals surface area contributed by atoms with Crippen LogP contribution in [0.25, 0.3) is 16.8 Å². The number of amides is 2. The molecule has 0 bridgehead atoms. The molecule has 38 heavy (non-hydrogen) atoms. The number of hydrogen-bond donors (Lipinski definition) is 3. The highest BCUT2D eigenvalue weighted by Crippen LogP contribution is 2.46. The molecule has 2 amide bonds. The van der Waals surface area contributed by atoms with Crippen LogP contribution < -0.4 is 21.5 Å². The molecule has 0 saturated heterocycles. The molecule has 0 radical (unpaired) electrons. The minimum Gasteiger partial charge on any atom is -0.489 e. The van der Waals surface area contributed by atoms with Gasteiger partial charge in [-0.15, -0.1) is 0 Å². The molecule has 2 aromatic heterocycles. The van der Waals surface area contributed by atoms with Crippen molar-refractivity contribution in [2.24, 2.45) is 11.5 Å². The number of benzene rings is 1. The summed E-state index contributed by atoms with van der Waals surface area (Å²) in [6.45, 7) is 0.318. The van der Waals surface area contributed by atoms with Crippen molar-refractivity contribution in [2.75, 3.05) is 13.2 Å². The van der Waals surface area contributed by atoms with Crippen LogP contribution in [-0.4, -0.2) is 46.1 Å². The number of nitrogens with one attached hydrogen (secondary N) is 1. The van der Waals surface area contributed by atoms with Gasteiger partial charge in [-0.05, 0) is 37.3 Å². The second-order valence-electron chi connectivity index (χ2n) is 8.74. The van der Waals surface area contributed by atoms with Crippen molar-refractivity contribution in [1.29, 1.82) is 0 Å². The predicted molar refractivity (Wildman–Crippen MR) is 128 cm³/mol. The van der Waals surface area contributed by atoms with Gasteiger partial charge in [0.15, 0.2) is 0 Å². The maximum atomic E-state index is 14.3. The predicted octanol–water partition coefficient (Wildman–Crippen LogP) is 2.58. The summed E-state index contributed by atoms with van der Waals surface area (Å²) in [6.07, 6.45) is -0.0553. The molecule has 4 rings (SSSR count). The van der Waals surface area contributed by atoms with Gasteiger partial charge in [0.1, 0.15) is 35.2 Å². The zero-order valence-corrected chi connectivity index (χ0v) is 19.9. The molecular formula is C25H22F4N6O3. The van der Waals surface area contributed by atoms with Gasteiger partial charge in [0, 0.05) is 36.3 Å². The van der Waals surface area contributed by atoms with Crippen LogP contribution in [0.2, 0.25) is 0 Å². The number of nitrogens with two attached hydrogens (primary N) is 2. The van der Waals surface area contributed by atoms with E-state index in [-0.39, 0.29) is 40.4 Å². The first-order valence-corrected chi connectivity index (χ1v) is 11.2. The fourth-order valence-corrected chi connectivity index (χ4v) is 3.98. The molecule has 2 atom stereocenters. The number of halogens is 4. The minimum absolute atomic E-state index is 0.0230. The van der Waals surface area contributed by atoms with Crippen LogP contribution in [0.1, 0.15) is 29.8 Å². The van der Waals surface area contributed by atoms with Gasteiger partial charge in [-0.25, -0.2) is 9.37 Å². The second kappa shape index (κ2) is 10.1. The van der Waals surface area contributed by atoms with Crippen molar-refractivity contribution in [3.05, 3.63) is 77.9 Å². The Hall–Kier alpha value is -4.55. The van der Waals surface area contributed by atoms with Crippen LogP contribution in [-0.2, 0) is 15.0 Å². The molecule has 1 unspecified atom stereocenters. The molecule has 5 N–H and O–H groups in total. The highest BCUT2D eigenvalue weighted by Gasteiger charge is 2.47. The van der Waals surface area contributed by atoms with Gasteiger partial charge in [-0.2, -0.15) is 13.2 Å². The van der Waals surface area contributed by atoms with Crippen molar-refractivity contribution >= 4 is 17.4 Å². The smallest absolute Gasteiger partial charge is 0.398 e. The molecule has 1 aliphatic heterocycles. The second-order valence-corrected chi connectivity index (χ2v) is 8.74. The fourth-order valence-electron chi connectivity index (χ4n) is 3.98. The van der Waals surface area contributed by atoms with Crippen molar-refractivity contribution in [1.82, 2.24) is 20.3 Å².